The summed E-state index contributed by atoms with van der Waals surface area (Å²) in [4.78, 5) is 13.1. The summed E-state index contributed by atoms with van der Waals surface area (Å²) in [7, 11) is 0. The van der Waals surface area contributed by atoms with E-state index in [0.717, 1.165) is 21.7 Å². The molecule has 0 spiro atoms. The molecule has 1 aliphatic rings. The second kappa shape index (κ2) is 9.10. The Labute approximate surface area is 169 Å². The Morgan fingerprint density at radius 1 is 1.11 bits per heavy atom. The number of ether oxygens (including phenoxy) is 1. The lowest BCUT2D eigenvalue weighted by Gasteiger charge is -2.08. The molecule has 0 bridgehead atoms. The van der Waals surface area contributed by atoms with E-state index in [2.05, 4.69) is 24.0 Å². The van der Waals surface area contributed by atoms with Crippen molar-refractivity contribution in [3.05, 3.63) is 89.7 Å². The minimum Gasteiger partial charge on any atom is -0.484 e. The normalized spacial score (nSPS) is 13.2. The van der Waals surface area contributed by atoms with Crippen molar-refractivity contribution in [3.8, 4) is 5.75 Å². The Morgan fingerprint density at radius 3 is 2.57 bits per heavy atom. The Balaban J connectivity index is 1.55. The number of nitrogen functional groups attached to an aromatic ring is 1. The molecule has 6 heteroatoms. The third-order valence-corrected chi connectivity index (χ3v) is 4.54. The lowest BCUT2D eigenvalue weighted by molar-refractivity contribution is -0.122. The number of carbonyl (C=O) groups is 1. The summed E-state index contributed by atoms with van der Waals surface area (Å²) in [6.45, 7) is -0.107. The quantitative estimate of drug-likeness (QED) is 0.344. The van der Waals surface area contributed by atoms with Gasteiger partial charge in [0.2, 0.25) is 0 Å². The minimum absolute atomic E-state index is 0.00935. The smallest absolute Gasteiger partial charge is 0.262 e. The molecule has 3 rings (SSSR count). The number of thiol groups is 1. The maximum absolute atomic E-state index is 12.2. The van der Waals surface area contributed by atoms with E-state index >= 15 is 0 Å². The van der Waals surface area contributed by atoms with E-state index in [4.69, 9.17) is 15.9 Å². The van der Waals surface area contributed by atoms with Gasteiger partial charge in [-0.05, 0) is 54.0 Å². The van der Waals surface area contributed by atoms with Crippen LogP contribution in [0.15, 0.2) is 83.4 Å². The average Bonchev–Trinajstić information content (AvgIpc) is 2.92. The topological polar surface area (TPSA) is 88.2 Å². The van der Waals surface area contributed by atoms with Gasteiger partial charge in [-0.25, -0.2) is 0 Å². The average molecular weight is 391 g/mol. The molecule has 0 atom stereocenters. The van der Waals surface area contributed by atoms with Crippen molar-refractivity contribution in [3.63, 3.8) is 0 Å². The molecule has 2 aromatic carbocycles. The van der Waals surface area contributed by atoms with Gasteiger partial charge in [-0.2, -0.15) is 0 Å². The van der Waals surface area contributed by atoms with Crippen molar-refractivity contribution < 1.29 is 9.53 Å². The van der Waals surface area contributed by atoms with Gasteiger partial charge in [0.25, 0.3) is 5.91 Å². The van der Waals surface area contributed by atoms with Crippen molar-refractivity contribution in [2.45, 2.75) is 11.3 Å². The Morgan fingerprint density at radius 2 is 1.86 bits per heavy atom. The van der Waals surface area contributed by atoms with Gasteiger partial charge >= 0.3 is 0 Å². The number of amides is 1. The van der Waals surface area contributed by atoms with Crippen LogP contribution in [-0.4, -0.2) is 18.3 Å². The third kappa shape index (κ3) is 5.14. The number of allylic oxidation sites excluding steroid dienone is 5. The summed E-state index contributed by atoms with van der Waals surface area (Å²) in [5.41, 5.74) is 8.87. The summed E-state index contributed by atoms with van der Waals surface area (Å²) in [6, 6.07) is 14.6. The molecule has 0 unspecified atom stereocenters. The van der Waals surface area contributed by atoms with Crippen molar-refractivity contribution in [2.75, 3.05) is 6.61 Å². The minimum atomic E-state index is -0.246. The lowest BCUT2D eigenvalue weighted by Crippen LogP contribution is -2.27. The highest BCUT2D eigenvalue weighted by Gasteiger charge is 2.08. The monoisotopic (exact) mass is 391 g/mol. The second-order valence-corrected chi connectivity index (χ2v) is 6.66. The molecule has 142 valence electrons. The lowest BCUT2D eigenvalue weighted by atomic mass is 10.0. The fraction of sp³-hybridized carbons (Fsp3) is 0.0909. The molecule has 2 aromatic rings. The summed E-state index contributed by atoms with van der Waals surface area (Å²) in [5, 5.41) is 10.2. The van der Waals surface area contributed by atoms with Crippen molar-refractivity contribution in [2.24, 2.45) is 5.73 Å². The predicted molar refractivity (Wildman–Crippen MR) is 115 cm³/mol. The third-order valence-electron chi connectivity index (χ3n) is 4.15. The largest absolute Gasteiger partial charge is 0.484 e. The van der Waals surface area contributed by atoms with Crippen molar-refractivity contribution in [1.29, 1.82) is 5.41 Å². The molecule has 0 saturated heterocycles. The van der Waals surface area contributed by atoms with Crippen LogP contribution in [-0.2, 0) is 4.79 Å². The molecule has 5 nitrogen and oxygen atoms in total. The van der Waals surface area contributed by atoms with Crippen LogP contribution in [0.5, 0.6) is 5.75 Å². The SMILES string of the molecule is N=C(N)c1ccc(OCC(=O)NC2=CCC=C(c3ccccc3S)C=C2)cc1. The molecule has 0 saturated carbocycles. The van der Waals surface area contributed by atoms with Crippen LogP contribution < -0.4 is 15.8 Å². The van der Waals surface area contributed by atoms with Gasteiger partial charge in [0.05, 0.1) is 0 Å². The summed E-state index contributed by atoms with van der Waals surface area (Å²) in [5.74, 6) is 0.286. The maximum atomic E-state index is 12.2. The Kier molecular flexibility index (Phi) is 6.34. The number of rotatable bonds is 6. The highest BCUT2D eigenvalue weighted by atomic mass is 32.1. The van der Waals surface area contributed by atoms with Crippen LogP contribution in [0.25, 0.3) is 5.57 Å². The predicted octanol–water partition coefficient (Wildman–Crippen LogP) is 3.68. The van der Waals surface area contributed by atoms with Gasteiger partial charge in [-0.3, -0.25) is 10.2 Å². The number of nitrogens with two attached hydrogens (primary N) is 1. The molecule has 0 aromatic heterocycles. The van der Waals surface area contributed by atoms with E-state index in [-0.39, 0.29) is 18.3 Å². The first-order valence-corrected chi connectivity index (χ1v) is 9.21. The van der Waals surface area contributed by atoms with Gasteiger partial charge in [0.15, 0.2) is 6.61 Å². The molecule has 28 heavy (non-hydrogen) atoms. The molecule has 0 fully saturated rings. The van der Waals surface area contributed by atoms with Crippen LogP contribution in [0.1, 0.15) is 17.5 Å². The van der Waals surface area contributed by atoms with Crippen LogP contribution in [0.2, 0.25) is 0 Å². The number of hydrogen-bond donors (Lipinski definition) is 4. The van der Waals surface area contributed by atoms with Gasteiger partial charge in [-0.1, -0.05) is 36.4 Å². The standard InChI is InChI=1S/C22H21N3O2S/c23-22(24)16-9-12-18(13-10-16)27-14-21(26)25-17-5-3-4-15(8-11-17)19-6-1-2-7-20(19)28/h1-2,4-13,28H,3,14H2,(H3,23,24)(H,25,26). The zero-order valence-electron chi connectivity index (χ0n) is 15.2. The molecule has 1 aliphatic carbocycles. The molecule has 0 aliphatic heterocycles. The molecule has 0 heterocycles. The molecular formula is C22H21N3O2S. The fourth-order valence-electron chi connectivity index (χ4n) is 2.72. The van der Waals surface area contributed by atoms with Crippen LogP contribution in [0.3, 0.4) is 0 Å². The molecule has 1 amide bonds. The van der Waals surface area contributed by atoms with Gasteiger partial charge in [-0.15, -0.1) is 12.6 Å². The Bertz CT molecular complexity index is 976. The number of carbonyl (C=O) groups excluding carboxylic acids is 1. The first-order valence-electron chi connectivity index (χ1n) is 8.77. The number of nitrogens with one attached hydrogen (secondary N) is 2. The van der Waals surface area contributed by atoms with E-state index in [1.54, 1.807) is 24.3 Å². The van der Waals surface area contributed by atoms with Gasteiger partial charge in [0.1, 0.15) is 11.6 Å². The molecular weight excluding hydrogens is 370 g/mol. The van der Waals surface area contributed by atoms with Crippen LogP contribution >= 0.6 is 12.6 Å². The summed E-state index contributed by atoms with van der Waals surface area (Å²) in [6.07, 6.45) is 8.59. The highest BCUT2D eigenvalue weighted by molar-refractivity contribution is 7.80. The number of benzene rings is 2. The first-order chi connectivity index (χ1) is 13.5. The fourth-order valence-corrected chi connectivity index (χ4v) is 3.01. The second-order valence-electron chi connectivity index (χ2n) is 6.18. The van der Waals surface area contributed by atoms with Gasteiger partial charge in [0, 0.05) is 16.2 Å². The van der Waals surface area contributed by atoms with E-state index in [9.17, 15) is 4.79 Å². The van der Waals surface area contributed by atoms with Crippen LogP contribution in [0, 0.1) is 5.41 Å². The number of hydrogen-bond acceptors (Lipinski definition) is 4. The Hall–Kier alpha value is -3.25. The summed E-state index contributed by atoms with van der Waals surface area (Å²) < 4.78 is 5.48. The maximum Gasteiger partial charge on any atom is 0.262 e. The van der Waals surface area contributed by atoms with E-state index in [0.29, 0.717) is 17.7 Å². The van der Waals surface area contributed by atoms with Gasteiger partial charge < -0.3 is 15.8 Å². The van der Waals surface area contributed by atoms with Crippen molar-refractivity contribution in [1.82, 2.24) is 5.32 Å². The van der Waals surface area contributed by atoms with Crippen molar-refractivity contribution >= 4 is 29.9 Å². The number of amidine groups is 1. The molecule has 4 N–H and O–H groups in total. The van der Waals surface area contributed by atoms with E-state index in [1.165, 1.54) is 0 Å². The zero-order valence-corrected chi connectivity index (χ0v) is 16.1. The van der Waals surface area contributed by atoms with E-state index < -0.39 is 0 Å². The highest BCUT2D eigenvalue weighted by Crippen LogP contribution is 2.25. The molecule has 0 radical (unpaired) electrons. The van der Waals surface area contributed by atoms with E-state index in [1.807, 2.05) is 42.5 Å². The summed E-state index contributed by atoms with van der Waals surface area (Å²) >= 11 is 4.50. The zero-order chi connectivity index (χ0) is 19.9. The first kappa shape index (κ1) is 19.5. The van der Waals surface area contributed by atoms with Crippen LogP contribution in [0.4, 0.5) is 0 Å².